The van der Waals surface area contributed by atoms with Gasteiger partial charge in [-0.05, 0) is 23.3 Å². The number of fused-ring (bicyclic) bond motifs is 1. The average Bonchev–Trinajstić information content (AvgIpc) is 2.68. The molecular weight excluding hydrogens is 323 g/mol. The Kier molecular flexibility index (Phi) is 4.03. The molecule has 0 spiro atoms. The van der Waals surface area contributed by atoms with Crippen LogP contribution in [0, 0.1) is 6.92 Å². The maximum atomic E-state index is 14.7. The Bertz CT molecular complexity index is 1080. The molecule has 0 saturated heterocycles. The van der Waals surface area contributed by atoms with Gasteiger partial charge in [0.05, 0.1) is 0 Å². The van der Waals surface area contributed by atoms with Gasteiger partial charge in [-0.25, -0.2) is 0 Å². The van der Waals surface area contributed by atoms with E-state index in [4.69, 9.17) is 0 Å². The van der Waals surface area contributed by atoms with Crippen molar-refractivity contribution in [2.45, 2.75) is 6.92 Å². The van der Waals surface area contributed by atoms with Crippen LogP contribution in [-0.4, -0.2) is 0 Å². The normalized spacial score (nSPS) is 13.5. The van der Waals surface area contributed by atoms with Gasteiger partial charge in [-0.15, -0.1) is 0 Å². The first-order valence-electron chi connectivity index (χ1n) is 8.41. The van der Waals surface area contributed by atoms with Crippen molar-refractivity contribution in [3.63, 3.8) is 0 Å². The number of rotatable bonds is 3. The van der Waals surface area contributed by atoms with E-state index in [-0.39, 0.29) is 0 Å². The standard InChI is InChI=1S/C23H19OP/c1-18-10-5-8-16-22(18)25(24,20-13-3-2-4-14-20)23-17-9-12-19-11-6-7-15-21(19)23/h2-17H,1H3/t25-/m0/s1. The van der Waals surface area contributed by atoms with E-state index in [1.807, 2.05) is 85.8 Å². The Morgan fingerprint density at radius 3 is 2.00 bits per heavy atom. The van der Waals surface area contributed by atoms with Gasteiger partial charge < -0.3 is 4.57 Å². The first-order chi connectivity index (χ1) is 12.2. The minimum absolute atomic E-state index is 0.876. The molecule has 0 heterocycles. The zero-order valence-electron chi connectivity index (χ0n) is 14.1. The van der Waals surface area contributed by atoms with Crippen molar-refractivity contribution < 1.29 is 4.57 Å². The highest BCUT2D eigenvalue weighted by Crippen LogP contribution is 2.45. The Balaban J connectivity index is 2.12. The molecule has 4 aromatic rings. The van der Waals surface area contributed by atoms with Crippen molar-refractivity contribution in [2.75, 3.05) is 0 Å². The van der Waals surface area contributed by atoms with Crippen LogP contribution in [0.5, 0.6) is 0 Å². The summed E-state index contributed by atoms with van der Waals surface area (Å²) >= 11 is 0. The zero-order chi connectivity index (χ0) is 17.3. The lowest BCUT2D eigenvalue weighted by atomic mass is 10.1. The van der Waals surface area contributed by atoms with Crippen molar-refractivity contribution in [1.29, 1.82) is 0 Å². The minimum atomic E-state index is -2.96. The van der Waals surface area contributed by atoms with Crippen LogP contribution >= 0.6 is 7.14 Å². The summed E-state index contributed by atoms with van der Waals surface area (Å²) in [5.74, 6) is 0. The summed E-state index contributed by atoms with van der Waals surface area (Å²) in [6, 6.07) is 32.1. The van der Waals surface area contributed by atoms with Crippen LogP contribution in [0.3, 0.4) is 0 Å². The van der Waals surface area contributed by atoms with Gasteiger partial charge in [0.15, 0.2) is 7.14 Å². The summed E-state index contributed by atoms with van der Waals surface area (Å²) in [5, 5.41) is 4.87. The Morgan fingerprint density at radius 1 is 0.600 bits per heavy atom. The third-order valence-corrected chi connectivity index (χ3v) is 7.95. The third kappa shape index (κ3) is 2.62. The molecule has 4 rings (SSSR count). The van der Waals surface area contributed by atoms with Gasteiger partial charge in [0.2, 0.25) is 0 Å². The van der Waals surface area contributed by atoms with E-state index in [1.54, 1.807) is 0 Å². The van der Waals surface area contributed by atoms with Crippen molar-refractivity contribution in [1.82, 2.24) is 0 Å². The van der Waals surface area contributed by atoms with Gasteiger partial charge in [0.25, 0.3) is 0 Å². The van der Waals surface area contributed by atoms with E-state index in [1.165, 1.54) is 0 Å². The highest BCUT2D eigenvalue weighted by atomic mass is 31.2. The van der Waals surface area contributed by atoms with Crippen molar-refractivity contribution >= 4 is 33.8 Å². The Hall–Kier alpha value is -2.63. The molecule has 0 aliphatic carbocycles. The van der Waals surface area contributed by atoms with Crippen LogP contribution < -0.4 is 15.9 Å². The van der Waals surface area contributed by atoms with Gasteiger partial charge in [-0.3, -0.25) is 0 Å². The average molecular weight is 342 g/mol. The fraction of sp³-hybridized carbons (Fsp3) is 0.0435. The first kappa shape index (κ1) is 15.9. The summed E-state index contributed by atoms with van der Waals surface area (Å²) in [4.78, 5) is 0. The molecule has 0 unspecified atom stereocenters. The molecule has 0 aliphatic rings. The van der Waals surface area contributed by atoms with E-state index < -0.39 is 7.14 Å². The molecule has 4 aromatic carbocycles. The second kappa shape index (κ2) is 6.35. The van der Waals surface area contributed by atoms with Crippen LogP contribution in [0.25, 0.3) is 10.8 Å². The van der Waals surface area contributed by atoms with Gasteiger partial charge in [0, 0.05) is 15.9 Å². The van der Waals surface area contributed by atoms with Gasteiger partial charge >= 0.3 is 0 Å². The predicted octanol–water partition coefficient (Wildman–Crippen LogP) is 4.79. The quantitative estimate of drug-likeness (QED) is 0.489. The maximum absolute atomic E-state index is 14.7. The molecule has 0 fully saturated rings. The van der Waals surface area contributed by atoms with E-state index in [0.717, 1.165) is 32.2 Å². The lowest BCUT2D eigenvalue weighted by Crippen LogP contribution is -2.27. The van der Waals surface area contributed by atoms with Crippen LogP contribution in [0.15, 0.2) is 97.1 Å². The molecule has 0 amide bonds. The molecule has 25 heavy (non-hydrogen) atoms. The molecule has 0 bridgehead atoms. The number of benzene rings is 4. The summed E-state index contributed by atoms with van der Waals surface area (Å²) in [5.41, 5.74) is 1.06. The molecular formula is C23H19OP. The zero-order valence-corrected chi connectivity index (χ0v) is 15.0. The minimum Gasteiger partial charge on any atom is -0.309 e. The van der Waals surface area contributed by atoms with Crippen LogP contribution in [0.1, 0.15) is 5.56 Å². The molecule has 0 radical (unpaired) electrons. The van der Waals surface area contributed by atoms with Crippen molar-refractivity contribution in [3.05, 3.63) is 103 Å². The summed E-state index contributed by atoms with van der Waals surface area (Å²) in [6.07, 6.45) is 0. The smallest absolute Gasteiger partial charge is 0.171 e. The second-order valence-electron chi connectivity index (χ2n) is 6.23. The van der Waals surface area contributed by atoms with Gasteiger partial charge in [-0.2, -0.15) is 0 Å². The SMILES string of the molecule is Cc1ccccc1[P@@](=O)(c1ccccc1)c1cccc2ccccc12. The van der Waals surface area contributed by atoms with Crippen molar-refractivity contribution in [2.24, 2.45) is 0 Å². The fourth-order valence-electron chi connectivity index (χ4n) is 3.45. The predicted molar refractivity (Wildman–Crippen MR) is 108 cm³/mol. The van der Waals surface area contributed by atoms with Crippen LogP contribution in [0.4, 0.5) is 0 Å². The molecule has 0 aliphatic heterocycles. The fourth-order valence-corrected chi connectivity index (χ4v) is 6.56. The number of aryl methyl sites for hydroxylation is 1. The lowest BCUT2D eigenvalue weighted by Gasteiger charge is -2.23. The molecule has 122 valence electrons. The summed E-state index contributed by atoms with van der Waals surface area (Å²) < 4.78 is 14.7. The highest BCUT2D eigenvalue weighted by molar-refractivity contribution is 7.85. The van der Waals surface area contributed by atoms with E-state index in [9.17, 15) is 4.57 Å². The topological polar surface area (TPSA) is 17.1 Å². The Morgan fingerprint density at radius 2 is 1.20 bits per heavy atom. The summed E-state index contributed by atoms with van der Waals surface area (Å²) in [6.45, 7) is 2.04. The number of hydrogen-bond acceptors (Lipinski definition) is 1. The first-order valence-corrected chi connectivity index (χ1v) is 10.1. The van der Waals surface area contributed by atoms with Crippen molar-refractivity contribution in [3.8, 4) is 0 Å². The van der Waals surface area contributed by atoms with E-state index in [2.05, 4.69) is 18.2 Å². The van der Waals surface area contributed by atoms with Crippen LogP contribution in [-0.2, 0) is 4.57 Å². The molecule has 2 heteroatoms. The molecule has 0 aromatic heterocycles. The summed E-state index contributed by atoms with van der Waals surface area (Å²) in [7, 11) is -2.96. The van der Waals surface area contributed by atoms with Gasteiger partial charge in [0.1, 0.15) is 0 Å². The monoisotopic (exact) mass is 342 g/mol. The third-order valence-electron chi connectivity index (χ3n) is 4.68. The molecule has 1 nitrogen and oxygen atoms in total. The molecule has 1 atom stereocenters. The largest absolute Gasteiger partial charge is 0.309 e. The second-order valence-corrected chi connectivity index (χ2v) is 8.93. The molecule has 0 saturated carbocycles. The lowest BCUT2D eigenvalue weighted by molar-refractivity contribution is 0.592. The van der Waals surface area contributed by atoms with E-state index >= 15 is 0 Å². The highest BCUT2D eigenvalue weighted by Gasteiger charge is 2.32. The van der Waals surface area contributed by atoms with Crippen LogP contribution in [0.2, 0.25) is 0 Å². The van der Waals surface area contributed by atoms with E-state index in [0.29, 0.717) is 0 Å². The molecule has 0 N–H and O–H groups in total. The Labute approximate surface area is 148 Å². The van der Waals surface area contributed by atoms with Gasteiger partial charge in [-0.1, -0.05) is 97.1 Å². The maximum Gasteiger partial charge on any atom is 0.171 e. The number of hydrogen-bond donors (Lipinski definition) is 0.